The van der Waals surface area contributed by atoms with Crippen molar-refractivity contribution in [1.29, 1.82) is 0 Å². The zero-order chi connectivity index (χ0) is 21.3. The molecule has 4 rings (SSSR count). The molecule has 0 aromatic heterocycles. The van der Waals surface area contributed by atoms with Crippen LogP contribution in [0.5, 0.6) is 5.75 Å². The molecule has 0 aliphatic carbocycles. The predicted octanol–water partition coefficient (Wildman–Crippen LogP) is 2.79. The first-order valence-corrected chi connectivity index (χ1v) is 9.85. The summed E-state index contributed by atoms with van der Waals surface area (Å²) >= 11 is 0. The van der Waals surface area contributed by atoms with E-state index in [-0.39, 0.29) is 23.7 Å². The molecule has 2 aliphatic heterocycles. The second-order valence-corrected chi connectivity index (χ2v) is 7.37. The molecule has 2 aromatic rings. The van der Waals surface area contributed by atoms with E-state index in [9.17, 15) is 14.0 Å². The van der Waals surface area contributed by atoms with Gasteiger partial charge in [0.2, 0.25) is 0 Å². The minimum absolute atomic E-state index is 0.0324. The van der Waals surface area contributed by atoms with Crippen molar-refractivity contribution in [2.75, 3.05) is 32.3 Å². The molecule has 0 radical (unpaired) electrons. The summed E-state index contributed by atoms with van der Waals surface area (Å²) in [5.74, 6) is -0.419. The predicted molar refractivity (Wildman–Crippen MR) is 109 cm³/mol. The van der Waals surface area contributed by atoms with Crippen LogP contribution < -0.4 is 15.0 Å². The van der Waals surface area contributed by atoms with Crippen LogP contribution in [-0.2, 0) is 11.3 Å². The SMILES string of the molecule is CNC(=O)c1ccc(N2C(=O)N(Cc3ccc(OC)cc3)C3CCOC[C@H]32)cc1F. The molecule has 3 amide bonds. The van der Waals surface area contributed by atoms with Gasteiger partial charge in [0.1, 0.15) is 11.6 Å². The highest BCUT2D eigenvalue weighted by atomic mass is 19.1. The van der Waals surface area contributed by atoms with Crippen molar-refractivity contribution in [2.24, 2.45) is 0 Å². The molecule has 1 N–H and O–H groups in total. The average molecular weight is 413 g/mol. The zero-order valence-corrected chi connectivity index (χ0v) is 16.9. The van der Waals surface area contributed by atoms with Crippen LogP contribution in [0.25, 0.3) is 0 Å². The summed E-state index contributed by atoms with van der Waals surface area (Å²) in [6.07, 6.45) is 0.710. The molecule has 2 saturated heterocycles. The summed E-state index contributed by atoms with van der Waals surface area (Å²) in [5, 5.41) is 2.41. The number of urea groups is 1. The summed E-state index contributed by atoms with van der Waals surface area (Å²) in [6.45, 7) is 1.40. The number of fused-ring (bicyclic) bond motifs is 1. The number of nitrogens with zero attached hydrogens (tertiary/aromatic N) is 2. The Morgan fingerprint density at radius 2 is 2.00 bits per heavy atom. The molecule has 2 aromatic carbocycles. The van der Waals surface area contributed by atoms with Gasteiger partial charge in [-0.15, -0.1) is 0 Å². The van der Waals surface area contributed by atoms with E-state index in [4.69, 9.17) is 9.47 Å². The molecule has 1 unspecified atom stereocenters. The summed E-state index contributed by atoms with van der Waals surface area (Å²) in [7, 11) is 3.05. The van der Waals surface area contributed by atoms with Gasteiger partial charge in [-0.3, -0.25) is 9.69 Å². The van der Waals surface area contributed by atoms with Crippen LogP contribution in [0.2, 0.25) is 0 Å². The van der Waals surface area contributed by atoms with E-state index in [0.29, 0.717) is 31.9 Å². The van der Waals surface area contributed by atoms with Crippen molar-refractivity contribution >= 4 is 17.6 Å². The van der Waals surface area contributed by atoms with Crippen molar-refractivity contribution in [3.63, 3.8) is 0 Å². The fourth-order valence-electron chi connectivity index (χ4n) is 4.13. The van der Waals surface area contributed by atoms with Gasteiger partial charge >= 0.3 is 6.03 Å². The Morgan fingerprint density at radius 3 is 2.67 bits per heavy atom. The summed E-state index contributed by atoms with van der Waals surface area (Å²) in [5.41, 5.74) is 1.35. The number of ether oxygens (including phenoxy) is 2. The van der Waals surface area contributed by atoms with Gasteiger partial charge in [-0.1, -0.05) is 12.1 Å². The molecule has 0 bridgehead atoms. The maximum Gasteiger partial charge on any atom is 0.325 e. The molecule has 2 aliphatic rings. The summed E-state index contributed by atoms with van der Waals surface area (Å²) < 4.78 is 25.4. The van der Waals surface area contributed by atoms with Gasteiger partial charge in [0.05, 0.1) is 31.4 Å². The lowest BCUT2D eigenvalue weighted by Gasteiger charge is -2.31. The van der Waals surface area contributed by atoms with Gasteiger partial charge in [-0.05, 0) is 42.3 Å². The average Bonchev–Trinajstić information content (AvgIpc) is 3.05. The van der Waals surface area contributed by atoms with Crippen molar-refractivity contribution in [1.82, 2.24) is 10.2 Å². The van der Waals surface area contributed by atoms with Crippen LogP contribution in [0, 0.1) is 5.82 Å². The highest BCUT2D eigenvalue weighted by molar-refractivity contribution is 5.98. The molecule has 0 spiro atoms. The third-order valence-corrected chi connectivity index (χ3v) is 5.69. The molecule has 158 valence electrons. The number of amides is 3. The third kappa shape index (κ3) is 3.59. The van der Waals surface area contributed by atoms with E-state index >= 15 is 0 Å². The lowest BCUT2D eigenvalue weighted by Crippen LogP contribution is -2.45. The van der Waals surface area contributed by atoms with E-state index < -0.39 is 11.7 Å². The second kappa shape index (κ2) is 8.31. The van der Waals surface area contributed by atoms with E-state index in [0.717, 1.165) is 11.3 Å². The Morgan fingerprint density at radius 1 is 1.23 bits per heavy atom. The number of benzene rings is 2. The van der Waals surface area contributed by atoms with Gasteiger partial charge in [-0.25, -0.2) is 9.18 Å². The lowest BCUT2D eigenvalue weighted by molar-refractivity contribution is 0.0493. The number of nitrogens with one attached hydrogen (secondary N) is 1. The largest absolute Gasteiger partial charge is 0.497 e. The minimum atomic E-state index is -0.665. The molecule has 0 saturated carbocycles. The topological polar surface area (TPSA) is 71.1 Å². The normalized spacial score (nSPS) is 20.8. The standard InChI is InChI=1S/C22H24FN3O4/c1-24-21(27)17-8-5-15(11-18(17)23)26-20-13-30-10-9-19(20)25(22(26)28)12-14-3-6-16(29-2)7-4-14/h3-8,11,19-20H,9-10,12-13H2,1-2H3,(H,24,27)/t19?,20-/m1/s1. The number of hydrogen-bond donors (Lipinski definition) is 1. The Labute approximate surface area is 174 Å². The number of halogens is 1. The Balaban J connectivity index is 1.63. The Hall–Kier alpha value is -3.13. The van der Waals surface area contributed by atoms with Gasteiger partial charge in [-0.2, -0.15) is 0 Å². The first kappa shape index (κ1) is 20.2. The fraction of sp³-hybridized carbons (Fsp3) is 0.364. The monoisotopic (exact) mass is 413 g/mol. The van der Waals surface area contributed by atoms with Gasteiger partial charge in [0.25, 0.3) is 5.91 Å². The number of carbonyl (C=O) groups excluding carboxylic acids is 2. The van der Waals surface area contributed by atoms with Gasteiger partial charge in [0, 0.05) is 25.9 Å². The molecule has 7 nitrogen and oxygen atoms in total. The van der Waals surface area contributed by atoms with Crippen molar-refractivity contribution in [3.05, 3.63) is 59.4 Å². The van der Waals surface area contributed by atoms with Crippen molar-refractivity contribution < 1.29 is 23.5 Å². The highest BCUT2D eigenvalue weighted by Crippen LogP contribution is 2.35. The Bertz CT molecular complexity index is 950. The summed E-state index contributed by atoms with van der Waals surface area (Å²) in [6, 6.07) is 11.4. The quantitative estimate of drug-likeness (QED) is 0.818. The smallest absolute Gasteiger partial charge is 0.325 e. The highest BCUT2D eigenvalue weighted by Gasteiger charge is 2.47. The van der Waals surface area contributed by atoms with E-state index in [1.54, 1.807) is 18.1 Å². The first-order valence-electron chi connectivity index (χ1n) is 9.85. The number of anilines is 1. The maximum absolute atomic E-state index is 14.6. The molecule has 2 fully saturated rings. The minimum Gasteiger partial charge on any atom is -0.497 e. The van der Waals surface area contributed by atoms with Crippen LogP contribution in [0.4, 0.5) is 14.9 Å². The van der Waals surface area contributed by atoms with E-state index in [2.05, 4.69) is 5.32 Å². The number of methoxy groups -OCH3 is 1. The van der Waals surface area contributed by atoms with Crippen LogP contribution in [0.3, 0.4) is 0 Å². The molecular formula is C22H24FN3O4. The van der Waals surface area contributed by atoms with E-state index in [1.165, 1.54) is 19.2 Å². The first-order chi connectivity index (χ1) is 14.5. The molecule has 2 heterocycles. The fourth-order valence-corrected chi connectivity index (χ4v) is 4.13. The number of hydrogen-bond acceptors (Lipinski definition) is 4. The molecule has 30 heavy (non-hydrogen) atoms. The van der Waals surface area contributed by atoms with Gasteiger partial charge in [0.15, 0.2) is 0 Å². The van der Waals surface area contributed by atoms with Crippen LogP contribution in [-0.4, -0.2) is 56.3 Å². The lowest BCUT2D eigenvalue weighted by atomic mass is 10.0. The number of carbonyl (C=O) groups is 2. The zero-order valence-electron chi connectivity index (χ0n) is 16.9. The van der Waals surface area contributed by atoms with E-state index in [1.807, 2.05) is 29.2 Å². The van der Waals surface area contributed by atoms with Crippen molar-refractivity contribution in [3.8, 4) is 5.75 Å². The number of rotatable bonds is 5. The van der Waals surface area contributed by atoms with Crippen molar-refractivity contribution in [2.45, 2.75) is 25.0 Å². The van der Waals surface area contributed by atoms with Crippen LogP contribution in [0.15, 0.2) is 42.5 Å². The van der Waals surface area contributed by atoms with Crippen LogP contribution >= 0.6 is 0 Å². The third-order valence-electron chi connectivity index (χ3n) is 5.69. The van der Waals surface area contributed by atoms with Crippen LogP contribution in [0.1, 0.15) is 22.3 Å². The summed E-state index contributed by atoms with van der Waals surface area (Å²) in [4.78, 5) is 28.6. The Kier molecular flexibility index (Phi) is 5.59. The van der Waals surface area contributed by atoms with Gasteiger partial charge < -0.3 is 19.7 Å². The maximum atomic E-state index is 14.6. The molecule has 2 atom stereocenters. The second-order valence-electron chi connectivity index (χ2n) is 7.37. The molecule has 8 heteroatoms. The molecular weight excluding hydrogens is 389 g/mol.